The fourth-order valence-corrected chi connectivity index (χ4v) is 4.57. The number of hydrogen-bond acceptors (Lipinski definition) is 5. The lowest BCUT2D eigenvalue weighted by molar-refractivity contribution is -0.132. The molecule has 1 aliphatic heterocycles. The third kappa shape index (κ3) is 9.80. The molecule has 0 aromatic heterocycles. The zero-order valence-electron chi connectivity index (χ0n) is 23.9. The number of carbonyl (C=O) groups excluding carboxylic acids is 3. The van der Waals surface area contributed by atoms with Crippen LogP contribution in [0.2, 0.25) is 0 Å². The van der Waals surface area contributed by atoms with E-state index in [0.717, 1.165) is 29.7 Å². The van der Waals surface area contributed by atoms with Crippen LogP contribution in [0.3, 0.4) is 0 Å². The number of likely N-dealkylation sites (tertiary alicyclic amines) is 1. The molecule has 0 aliphatic carbocycles. The van der Waals surface area contributed by atoms with Crippen molar-refractivity contribution in [3.63, 3.8) is 0 Å². The number of nitrogens with zero attached hydrogens (tertiary/aromatic N) is 2. The number of rotatable bonds is 7. The van der Waals surface area contributed by atoms with Gasteiger partial charge in [0.2, 0.25) is 5.91 Å². The van der Waals surface area contributed by atoms with Crippen LogP contribution >= 0.6 is 0 Å². The highest BCUT2D eigenvalue weighted by Gasteiger charge is 2.38. The van der Waals surface area contributed by atoms with Gasteiger partial charge in [0.05, 0.1) is 18.6 Å². The molecule has 1 saturated heterocycles. The minimum absolute atomic E-state index is 0.0191. The molecule has 1 fully saturated rings. The molecule has 6 nitrogen and oxygen atoms in total. The molecule has 0 spiro atoms. The van der Waals surface area contributed by atoms with E-state index in [2.05, 4.69) is 56.8 Å². The predicted octanol–water partition coefficient (Wildman–Crippen LogP) is 6.39. The number of nitrogens with two attached hydrogens (primary N) is 1. The monoisotopic (exact) mass is 547 g/mol. The first-order chi connectivity index (χ1) is 19.3. The van der Waals surface area contributed by atoms with Crippen molar-refractivity contribution in [3.8, 4) is 0 Å². The van der Waals surface area contributed by atoms with Crippen molar-refractivity contribution in [1.29, 1.82) is 0 Å². The summed E-state index contributed by atoms with van der Waals surface area (Å²) >= 11 is 0. The second-order valence-electron chi connectivity index (χ2n) is 9.42. The third-order valence-corrected chi connectivity index (χ3v) is 6.30. The Morgan fingerprint density at radius 1 is 0.925 bits per heavy atom. The lowest BCUT2D eigenvalue weighted by Crippen LogP contribution is -2.45. The SMILES string of the molecule is C=C(N)C1CCC(c2ccccc2)N1C(=O)CN(Cc1ccc(C)cc1)c1ccc(F)cc1.C=O.C=O.CCC. The maximum atomic E-state index is 13.8. The van der Waals surface area contributed by atoms with Crippen LogP contribution in [0.25, 0.3) is 0 Å². The molecule has 3 aromatic carbocycles. The number of halogens is 1. The third-order valence-electron chi connectivity index (χ3n) is 6.30. The van der Waals surface area contributed by atoms with E-state index >= 15 is 0 Å². The van der Waals surface area contributed by atoms with E-state index in [1.165, 1.54) is 24.1 Å². The highest BCUT2D eigenvalue weighted by atomic mass is 19.1. The summed E-state index contributed by atoms with van der Waals surface area (Å²) in [4.78, 5) is 33.6. The van der Waals surface area contributed by atoms with Gasteiger partial charge in [0.1, 0.15) is 19.4 Å². The van der Waals surface area contributed by atoms with E-state index in [1.807, 2.05) is 48.5 Å². The molecule has 7 heteroatoms. The molecular formula is C33H42FN3O3. The summed E-state index contributed by atoms with van der Waals surface area (Å²) in [5.41, 5.74) is 10.8. The Morgan fingerprint density at radius 3 is 2.00 bits per heavy atom. The molecule has 2 unspecified atom stereocenters. The van der Waals surface area contributed by atoms with Crippen LogP contribution in [0, 0.1) is 12.7 Å². The molecule has 0 saturated carbocycles. The average Bonchev–Trinajstić information content (AvgIpc) is 3.43. The number of amides is 1. The minimum Gasteiger partial charge on any atom is -0.401 e. The van der Waals surface area contributed by atoms with E-state index in [1.54, 1.807) is 12.1 Å². The average molecular weight is 548 g/mol. The van der Waals surface area contributed by atoms with Crippen molar-refractivity contribution >= 4 is 25.2 Å². The minimum atomic E-state index is -0.302. The smallest absolute Gasteiger partial charge is 0.243 e. The largest absolute Gasteiger partial charge is 0.401 e. The molecule has 2 N–H and O–H groups in total. The molecule has 1 aliphatic rings. The Labute approximate surface area is 238 Å². The van der Waals surface area contributed by atoms with Gasteiger partial charge in [0, 0.05) is 17.9 Å². The highest BCUT2D eigenvalue weighted by molar-refractivity contribution is 5.83. The van der Waals surface area contributed by atoms with Gasteiger partial charge < -0.3 is 25.1 Å². The van der Waals surface area contributed by atoms with Crippen molar-refractivity contribution in [2.24, 2.45) is 5.73 Å². The second-order valence-corrected chi connectivity index (χ2v) is 9.42. The van der Waals surface area contributed by atoms with Crippen molar-refractivity contribution in [1.82, 2.24) is 4.90 Å². The van der Waals surface area contributed by atoms with Gasteiger partial charge in [0.25, 0.3) is 0 Å². The van der Waals surface area contributed by atoms with Crippen molar-refractivity contribution in [2.75, 3.05) is 11.4 Å². The summed E-state index contributed by atoms with van der Waals surface area (Å²) in [5.74, 6) is -0.321. The lowest BCUT2D eigenvalue weighted by atomic mass is 10.0. The Balaban J connectivity index is 0.00000105. The Morgan fingerprint density at radius 2 is 1.48 bits per heavy atom. The maximum absolute atomic E-state index is 13.8. The fraction of sp³-hybridized carbons (Fsp3) is 0.303. The summed E-state index contributed by atoms with van der Waals surface area (Å²) in [6.45, 7) is 14.9. The van der Waals surface area contributed by atoms with E-state index < -0.39 is 0 Å². The van der Waals surface area contributed by atoms with Crippen LogP contribution in [-0.4, -0.2) is 37.0 Å². The molecule has 40 heavy (non-hydrogen) atoms. The van der Waals surface area contributed by atoms with Gasteiger partial charge in [-0.1, -0.05) is 87.0 Å². The fourth-order valence-electron chi connectivity index (χ4n) is 4.57. The standard InChI is InChI=1S/C28H30FN3O.C3H8.2CH2O/c1-20-8-10-22(11-9-20)18-31(25-14-12-24(29)13-15-25)19-28(33)32-26(21(2)30)16-17-27(32)23-6-4-3-5-7-23;1-3-2;2*1-2/h3-15,26-27H,2,16-19,30H2,1H3;3H2,1-2H3;2*1H2. The molecule has 4 rings (SSSR count). The van der Waals surface area contributed by atoms with Gasteiger partial charge in [-0.3, -0.25) is 4.79 Å². The van der Waals surface area contributed by atoms with Crippen LogP contribution in [0.4, 0.5) is 10.1 Å². The molecule has 1 heterocycles. The first-order valence-corrected chi connectivity index (χ1v) is 13.3. The summed E-state index contributed by atoms with van der Waals surface area (Å²) in [6, 6.07) is 24.3. The van der Waals surface area contributed by atoms with Gasteiger partial charge in [-0.05, 0) is 55.2 Å². The number of aryl methyl sites for hydroxylation is 1. The number of hydrogen-bond donors (Lipinski definition) is 1. The van der Waals surface area contributed by atoms with Crippen LogP contribution in [0.15, 0.2) is 91.1 Å². The van der Waals surface area contributed by atoms with Gasteiger partial charge in [-0.2, -0.15) is 0 Å². The zero-order valence-corrected chi connectivity index (χ0v) is 23.9. The van der Waals surface area contributed by atoms with Crippen molar-refractivity contribution < 1.29 is 18.8 Å². The topological polar surface area (TPSA) is 83.7 Å². The van der Waals surface area contributed by atoms with Crippen LogP contribution in [-0.2, 0) is 20.9 Å². The normalized spacial score (nSPS) is 15.2. The van der Waals surface area contributed by atoms with Crippen LogP contribution in [0.1, 0.15) is 55.8 Å². The summed E-state index contributed by atoms with van der Waals surface area (Å²) < 4.78 is 13.6. The second kappa shape index (κ2) is 18.1. The van der Waals surface area contributed by atoms with Gasteiger partial charge >= 0.3 is 0 Å². The van der Waals surface area contributed by atoms with E-state index in [9.17, 15) is 9.18 Å². The Kier molecular flexibility index (Phi) is 15.3. The highest BCUT2D eigenvalue weighted by Crippen LogP contribution is 2.38. The molecule has 2 atom stereocenters. The van der Waals surface area contributed by atoms with Crippen molar-refractivity contribution in [2.45, 2.75) is 58.7 Å². The maximum Gasteiger partial charge on any atom is 0.243 e. The quantitative estimate of drug-likeness (QED) is 0.370. The number of anilines is 1. The van der Waals surface area contributed by atoms with Gasteiger partial charge in [-0.25, -0.2) is 4.39 Å². The van der Waals surface area contributed by atoms with Gasteiger partial charge in [-0.15, -0.1) is 0 Å². The number of carbonyl (C=O) groups is 3. The summed E-state index contributed by atoms with van der Waals surface area (Å²) in [5, 5.41) is 0. The molecule has 3 aromatic rings. The van der Waals surface area contributed by atoms with Crippen LogP contribution < -0.4 is 10.6 Å². The molecule has 0 bridgehead atoms. The first-order valence-electron chi connectivity index (χ1n) is 13.3. The van der Waals surface area contributed by atoms with Crippen LogP contribution in [0.5, 0.6) is 0 Å². The molecular weight excluding hydrogens is 505 g/mol. The summed E-state index contributed by atoms with van der Waals surface area (Å²) in [6.07, 6.45) is 2.88. The first kappa shape index (κ1) is 33.8. The Bertz CT molecular complexity index is 1150. The summed E-state index contributed by atoms with van der Waals surface area (Å²) in [7, 11) is 0. The van der Waals surface area contributed by atoms with Crippen molar-refractivity contribution in [3.05, 3.63) is 114 Å². The lowest BCUT2D eigenvalue weighted by Gasteiger charge is -2.34. The van der Waals surface area contributed by atoms with E-state index in [-0.39, 0.29) is 30.4 Å². The molecule has 0 radical (unpaired) electrons. The predicted molar refractivity (Wildman–Crippen MR) is 161 cm³/mol. The Hall–Kier alpha value is -4.26. The molecule has 1 amide bonds. The number of benzene rings is 3. The van der Waals surface area contributed by atoms with Gasteiger partial charge in [0.15, 0.2) is 0 Å². The zero-order chi connectivity index (χ0) is 30.1. The van der Waals surface area contributed by atoms with E-state index in [4.69, 9.17) is 15.3 Å². The van der Waals surface area contributed by atoms with E-state index in [0.29, 0.717) is 12.2 Å². The molecule has 214 valence electrons.